The quantitative estimate of drug-likeness (QED) is 0.0917. The van der Waals surface area contributed by atoms with Crippen LogP contribution in [0, 0.1) is 0 Å². The van der Waals surface area contributed by atoms with E-state index in [2.05, 4.69) is 4.74 Å². The summed E-state index contributed by atoms with van der Waals surface area (Å²) < 4.78 is 10.8. The molecule has 5 aromatic rings. The van der Waals surface area contributed by atoms with Crippen molar-refractivity contribution in [1.82, 2.24) is 9.46 Å². The number of esters is 2. The van der Waals surface area contributed by atoms with Crippen LogP contribution in [-0.4, -0.2) is 78.2 Å². The van der Waals surface area contributed by atoms with E-state index in [1.807, 2.05) is 0 Å². The highest BCUT2D eigenvalue weighted by Gasteiger charge is 2.40. The summed E-state index contributed by atoms with van der Waals surface area (Å²) in [6.45, 7) is -0.991. The van der Waals surface area contributed by atoms with Crippen molar-refractivity contribution in [3.05, 3.63) is 88.6 Å². The number of aromatic nitrogens is 2. The molecule has 0 aliphatic heterocycles. The second kappa shape index (κ2) is 11.0. The molecular formula is C30H28N2O11. The van der Waals surface area contributed by atoms with Crippen molar-refractivity contribution in [2.45, 2.75) is 18.3 Å². The summed E-state index contributed by atoms with van der Waals surface area (Å²) >= 11 is 0. The number of rotatable bonds is 4. The highest BCUT2D eigenvalue weighted by Crippen LogP contribution is 2.42. The molecule has 0 spiro atoms. The number of nitrogens with zero attached hydrogens (tertiary/aromatic N) is 2. The SMILES string of the molecule is COC(=O)c1cccc2c3c(O)ccc(CO)c3n(O)c12.COC(=O)c1cccc2c3c(n(O)c12)C(O)(CO)C=CC3O. The molecule has 2 heterocycles. The van der Waals surface area contributed by atoms with Gasteiger partial charge in [0.2, 0.25) is 0 Å². The molecule has 43 heavy (non-hydrogen) atoms. The van der Waals surface area contributed by atoms with Crippen molar-refractivity contribution in [3.63, 3.8) is 0 Å². The Morgan fingerprint density at radius 1 is 0.860 bits per heavy atom. The molecule has 0 saturated heterocycles. The number of aliphatic hydroxyl groups is 4. The van der Waals surface area contributed by atoms with Crippen LogP contribution in [-0.2, 0) is 21.7 Å². The molecule has 2 atom stereocenters. The minimum atomic E-state index is -1.85. The predicted octanol–water partition coefficient (Wildman–Crippen LogP) is 2.46. The van der Waals surface area contributed by atoms with Crippen molar-refractivity contribution in [1.29, 1.82) is 0 Å². The second-order valence-corrected chi connectivity index (χ2v) is 9.78. The molecule has 1 aliphatic carbocycles. The number of aliphatic hydroxyl groups excluding tert-OH is 3. The molecule has 2 aromatic heterocycles. The predicted molar refractivity (Wildman–Crippen MR) is 151 cm³/mol. The van der Waals surface area contributed by atoms with Gasteiger partial charge >= 0.3 is 11.9 Å². The van der Waals surface area contributed by atoms with Crippen LogP contribution in [0.25, 0.3) is 32.7 Å². The highest BCUT2D eigenvalue weighted by atomic mass is 16.5. The number of phenolic OH excluding ortho intramolecular Hbond substituents is 1. The van der Waals surface area contributed by atoms with Crippen LogP contribution in [0.15, 0.2) is 60.7 Å². The minimum absolute atomic E-state index is 0.0398. The molecule has 13 heteroatoms. The van der Waals surface area contributed by atoms with Crippen LogP contribution in [0.5, 0.6) is 5.75 Å². The number of hydrogen-bond acceptors (Lipinski definition) is 11. The summed E-state index contributed by atoms with van der Waals surface area (Å²) in [6.07, 6.45) is 1.46. The number of hydrogen-bond donors (Lipinski definition) is 7. The highest BCUT2D eigenvalue weighted by molar-refractivity contribution is 6.17. The number of carbonyl (C=O) groups is 2. The molecule has 0 radical (unpaired) electrons. The fourth-order valence-corrected chi connectivity index (χ4v) is 5.50. The van der Waals surface area contributed by atoms with Gasteiger partial charge in [-0.3, -0.25) is 0 Å². The normalized spacial score (nSPS) is 17.5. The molecule has 7 N–H and O–H groups in total. The molecule has 13 nitrogen and oxygen atoms in total. The molecule has 224 valence electrons. The van der Waals surface area contributed by atoms with Gasteiger partial charge in [-0.05, 0) is 24.3 Å². The summed E-state index contributed by atoms with van der Waals surface area (Å²) in [5, 5.41) is 71.7. The summed E-state index contributed by atoms with van der Waals surface area (Å²) in [5.41, 5.74) is -0.374. The van der Waals surface area contributed by atoms with Crippen molar-refractivity contribution >= 4 is 44.6 Å². The van der Waals surface area contributed by atoms with Gasteiger partial charge in [-0.1, -0.05) is 36.4 Å². The molecule has 0 amide bonds. The Morgan fingerprint density at radius 2 is 1.44 bits per heavy atom. The molecular weight excluding hydrogens is 564 g/mol. The first kappa shape index (κ1) is 29.4. The van der Waals surface area contributed by atoms with Gasteiger partial charge < -0.3 is 45.4 Å². The van der Waals surface area contributed by atoms with Gasteiger partial charge in [0.1, 0.15) is 28.1 Å². The lowest BCUT2D eigenvalue weighted by atomic mass is 9.87. The third-order valence-corrected chi connectivity index (χ3v) is 7.46. The summed E-state index contributed by atoms with van der Waals surface area (Å²) in [6, 6.07) is 12.4. The number of carbonyl (C=O) groups excluding carboxylic acids is 2. The van der Waals surface area contributed by atoms with Crippen LogP contribution in [0.3, 0.4) is 0 Å². The maximum absolute atomic E-state index is 11.9. The van der Waals surface area contributed by atoms with Crippen LogP contribution in [0.1, 0.15) is 43.6 Å². The molecule has 1 aliphatic rings. The number of fused-ring (bicyclic) bond motifs is 6. The number of aromatic hydroxyl groups is 1. The average molecular weight is 593 g/mol. The summed E-state index contributed by atoms with van der Waals surface area (Å²) in [4.78, 5) is 23.7. The molecule has 6 rings (SSSR count). The first-order valence-corrected chi connectivity index (χ1v) is 12.9. The maximum Gasteiger partial charge on any atom is 0.340 e. The minimum Gasteiger partial charge on any atom is -0.507 e. The van der Waals surface area contributed by atoms with Gasteiger partial charge in [-0.2, -0.15) is 9.46 Å². The number of benzene rings is 3. The Balaban J connectivity index is 0.000000171. The van der Waals surface area contributed by atoms with E-state index >= 15 is 0 Å². The number of para-hydroxylation sites is 2. The van der Waals surface area contributed by atoms with Crippen molar-refractivity contribution in [2.24, 2.45) is 0 Å². The third kappa shape index (κ3) is 4.42. The third-order valence-electron chi connectivity index (χ3n) is 7.46. The monoisotopic (exact) mass is 592 g/mol. The Hall–Kier alpha value is -5.08. The van der Waals surface area contributed by atoms with Gasteiger partial charge in [0, 0.05) is 21.9 Å². The van der Waals surface area contributed by atoms with E-state index in [9.17, 15) is 45.5 Å². The zero-order chi connectivity index (χ0) is 31.2. The van der Waals surface area contributed by atoms with Crippen LogP contribution in [0.2, 0.25) is 0 Å². The molecule has 0 fully saturated rings. The number of ether oxygens (including phenoxy) is 2. The van der Waals surface area contributed by atoms with Crippen LogP contribution < -0.4 is 0 Å². The zero-order valence-electron chi connectivity index (χ0n) is 22.9. The van der Waals surface area contributed by atoms with E-state index in [1.165, 1.54) is 50.6 Å². The lowest BCUT2D eigenvalue weighted by Crippen LogP contribution is -2.34. The van der Waals surface area contributed by atoms with Crippen molar-refractivity contribution < 1.29 is 55.0 Å². The molecule has 2 unspecified atom stereocenters. The van der Waals surface area contributed by atoms with Gasteiger partial charge in [0.25, 0.3) is 0 Å². The fourth-order valence-electron chi connectivity index (χ4n) is 5.50. The van der Waals surface area contributed by atoms with Crippen LogP contribution >= 0.6 is 0 Å². The fraction of sp³-hybridized carbons (Fsp3) is 0.200. The smallest absolute Gasteiger partial charge is 0.340 e. The maximum atomic E-state index is 11.9. The standard InChI is InChI=1S/C15H15NO6.C15H13NO5/c1-22-14(19)9-4-2-3-8-11-10(18)5-6-15(20,7-17)13(11)16(21)12(8)9;1-21-15(19)10-4-2-3-9-12-11(18)6-5-8(7-17)13(12)16(20)14(9)10/h2-6,10,17-18,20-21H,7H2,1H3;2-6,17-18,20H,7H2,1H3. The Morgan fingerprint density at radius 3 is 2.00 bits per heavy atom. The van der Waals surface area contributed by atoms with E-state index in [-0.39, 0.29) is 51.3 Å². The van der Waals surface area contributed by atoms with E-state index < -0.39 is 30.3 Å². The summed E-state index contributed by atoms with van der Waals surface area (Å²) in [5.74, 6) is -1.29. The molecule has 0 bridgehead atoms. The average Bonchev–Trinajstić information content (AvgIpc) is 3.52. The van der Waals surface area contributed by atoms with Crippen molar-refractivity contribution in [2.75, 3.05) is 20.8 Å². The molecule has 0 saturated carbocycles. The first-order valence-electron chi connectivity index (χ1n) is 12.9. The Kier molecular flexibility index (Phi) is 7.50. The number of phenols is 1. The van der Waals surface area contributed by atoms with E-state index in [1.54, 1.807) is 24.3 Å². The van der Waals surface area contributed by atoms with E-state index in [4.69, 9.17) is 4.74 Å². The largest absolute Gasteiger partial charge is 0.507 e. The summed E-state index contributed by atoms with van der Waals surface area (Å²) in [7, 11) is 2.47. The lowest BCUT2D eigenvalue weighted by molar-refractivity contribution is -0.00240. The topological polar surface area (TPSA) is 204 Å². The Bertz CT molecular complexity index is 1940. The number of methoxy groups -OCH3 is 2. The second-order valence-electron chi connectivity index (χ2n) is 9.78. The zero-order valence-corrected chi connectivity index (χ0v) is 22.9. The lowest BCUT2D eigenvalue weighted by Gasteiger charge is -2.28. The van der Waals surface area contributed by atoms with E-state index in [0.29, 0.717) is 26.5 Å². The van der Waals surface area contributed by atoms with Gasteiger partial charge in [0.05, 0.1) is 55.6 Å². The van der Waals surface area contributed by atoms with Gasteiger partial charge in [-0.25, -0.2) is 9.59 Å². The first-order chi connectivity index (χ1) is 20.5. The van der Waals surface area contributed by atoms with E-state index in [0.717, 1.165) is 4.73 Å². The molecule has 3 aromatic carbocycles. The Labute approximate surface area is 242 Å². The van der Waals surface area contributed by atoms with Gasteiger partial charge in [0.15, 0.2) is 0 Å². The van der Waals surface area contributed by atoms with Crippen molar-refractivity contribution in [3.8, 4) is 5.75 Å². The van der Waals surface area contributed by atoms with Gasteiger partial charge in [-0.15, -0.1) is 0 Å². The van der Waals surface area contributed by atoms with Crippen LogP contribution in [0.4, 0.5) is 0 Å².